The predicted molar refractivity (Wildman–Crippen MR) is 75.3 cm³/mol. The Morgan fingerprint density at radius 3 is 1.24 bits per heavy atom. The second-order valence-electron chi connectivity index (χ2n) is 6.37. The second-order valence-corrected chi connectivity index (χ2v) is 6.37. The zero-order valence-corrected chi connectivity index (χ0v) is 11.6. The van der Waals surface area contributed by atoms with E-state index in [1.807, 2.05) is 0 Å². The standard InChI is InChI=1S/C16H31N/c1-2-6-10-15(9-5-1)13-17-14-16-11-7-3-4-8-12-16/h15-17H,1-14H2. The molecular weight excluding hydrogens is 206 g/mol. The van der Waals surface area contributed by atoms with Crippen LogP contribution in [0.4, 0.5) is 0 Å². The zero-order chi connectivity index (χ0) is 11.8. The summed E-state index contributed by atoms with van der Waals surface area (Å²) in [4.78, 5) is 0. The molecule has 0 radical (unpaired) electrons. The van der Waals surface area contributed by atoms with Crippen LogP contribution < -0.4 is 5.32 Å². The van der Waals surface area contributed by atoms with E-state index in [-0.39, 0.29) is 0 Å². The van der Waals surface area contributed by atoms with Gasteiger partial charge in [0.25, 0.3) is 0 Å². The van der Waals surface area contributed by atoms with Crippen molar-refractivity contribution in [3.63, 3.8) is 0 Å². The summed E-state index contributed by atoms with van der Waals surface area (Å²) in [5.41, 5.74) is 0. The van der Waals surface area contributed by atoms with Gasteiger partial charge in [-0.05, 0) is 50.6 Å². The molecule has 0 atom stereocenters. The van der Waals surface area contributed by atoms with Crippen LogP contribution >= 0.6 is 0 Å². The molecule has 1 nitrogen and oxygen atoms in total. The largest absolute Gasteiger partial charge is 0.316 e. The Hall–Kier alpha value is -0.0400. The lowest BCUT2D eigenvalue weighted by Gasteiger charge is -2.19. The van der Waals surface area contributed by atoms with Crippen LogP contribution in [0.5, 0.6) is 0 Å². The van der Waals surface area contributed by atoms with E-state index in [1.54, 1.807) is 0 Å². The van der Waals surface area contributed by atoms with Gasteiger partial charge in [0.2, 0.25) is 0 Å². The highest BCUT2D eigenvalue weighted by Gasteiger charge is 2.14. The van der Waals surface area contributed by atoms with Gasteiger partial charge in [-0.25, -0.2) is 0 Å². The fraction of sp³-hybridized carbons (Fsp3) is 1.00. The maximum absolute atomic E-state index is 3.78. The maximum atomic E-state index is 3.78. The van der Waals surface area contributed by atoms with Crippen LogP contribution in [-0.4, -0.2) is 13.1 Å². The van der Waals surface area contributed by atoms with E-state index in [0.717, 1.165) is 11.8 Å². The zero-order valence-electron chi connectivity index (χ0n) is 11.6. The summed E-state index contributed by atoms with van der Waals surface area (Å²) >= 11 is 0. The normalized spacial score (nSPS) is 25.4. The first kappa shape index (κ1) is 13.4. The van der Waals surface area contributed by atoms with Gasteiger partial charge < -0.3 is 5.32 Å². The Morgan fingerprint density at radius 1 is 0.529 bits per heavy atom. The highest BCUT2D eigenvalue weighted by molar-refractivity contribution is 4.70. The van der Waals surface area contributed by atoms with Gasteiger partial charge in [-0.15, -0.1) is 0 Å². The smallest absolute Gasteiger partial charge is 0.00204 e. The molecule has 0 heterocycles. The number of hydrogen-bond acceptors (Lipinski definition) is 1. The Morgan fingerprint density at radius 2 is 0.882 bits per heavy atom. The van der Waals surface area contributed by atoms with Crippen LogP contribution in [0, 0.1) is 11.8 Å². The summed E-state index contributed by atoms with van der Waals surface area (Å²) in [6.07, 6.45) is 17.8. The second kappa shape index (κ2) is 8.13. The van der Waals surface area contributed by atoms with E-state index in [2.05, 4.69) is 5.32 Å². The molecule has 0 aromatic rings. The van der Waals surface area contributed by atoms with Gasteiger partial charge in [0, 0.05) is 0 Å². The number of rotatable bonds is 4. The third kappa shape index (κ3) is 5.42. The number of nitrogens with one attached hydrogen (secondary N) is 1. The third-order valence-corrected chi connectivity index (χ3v) is 4.82. The van der Waals surface area contributed by atoms with Crippen molar-refractivity contribution >= 4 is 0 Å². The molecule has 0 unspecified atom stereocenters. The van der Waals surface area contributed by atoms with Crippen molar-refractivity contribution in [1.29, 1.82) is 0 Å². The quantitative estimate of drug-likeness (QED) is 0.709. The molecule has 0 aliphatic heterocycles. The van der Waals surface area contributed by atoms with Crippen molar-refractivity contribution in [3.05, 3.63) is 0 Å². The van der Waals surface area contributed by atoms with Crippen LogP contribution in [0.2, 0.25) is 0 Å². The van der Waals surface area contributed by atoms with Gasteiger partial charge in [0.05, 0.1) is 0 Å². The summed E-state index contributed by atoms with van der Waals surface area (Å²) in [5, 5.41) is 3.78. The first-order valence-corrected chi connectivity index (χ1v) is 8.16. The average Bonchev–Trinajstić information content (AvgIpc) is 2.73. The highest BCUT2D eigenvalue weighted by Crippen LogP contribution is 2.24. The summed E-state index contributed by atoms with van der Waals surface area (Å²) < 4.78 is 0. The summed E-state index contributed by atoms with van der Waals surface area (Å²) in [6, 6.07) is 0. The monoisotopic (exact) mass is 237 g/mol. The molecule has 2 aliphatic rings. The van der Waals surface area contributed by atoms with Gasteiger partial charge in [-0.2, -0.15) is 0 Å². The van der Waals surface area contributed by atoms with Crippen molar-refractivity contribution in [1.82, 2.24) is 5.32 Å². The molecule has 0 saturated heterocycles. The predicted octanol–water partition coefficient (Wildman–Crippen LogP) is 4.52. The SMILES string of the molecule is C1CCCC(CNCC2CCCCCC2)CC1. The Bertz CT molecular complexity index is 154. The molecule has 0 aromatic heterocycles. The van der Waals surface area contributed by atoms with Crippen LogP contribution in [0.3, 0.4) is 0 Å². The Balaban J connectivity index is 1.57. The molecule has 1 N–H and O–H groups in total. The minimum absolute atomic E-state index is 0.989. The van der Waals surface area contributed by atoms with Gasteiger partial charge in [0.1, 0.15) is 0 Å². The molecule has 17 heavy (non-hydrogen) atoms. The highest BCUT2D eigenvalue weighted by atomic mass is 14.9. The van der Waals surface area contributed by atoms with E-state index < -0.39 is 0 Å². The van der Waals surface area contributed by atoms with Crippen molar-refractivity contribution in [2.75, 3.05) is 13.1 Å². The van der Waals surface area contributed by atoms with Crippen molar-refractivity contribution in [3.8, 4) is 0 Å². The fourth-order valence-electron chi connectivity index (χ4n) is 3.63. The van der Waals surface area contributed by atoms with Gasteiger partial charge >= 0.3 is 0 Å². The van der Waals surface area contributed by atoms with Crippen molar-refractivity contribution in [2.24, 2.45) is 11.8 Å². The minimum Gasteiger partial charge on any atom is -0.316 e. The van der Waals surface area contributed by atoms with E-state index in [1.165, 1.54) is 90.1 Å². The lowest BCUT2D eigenvalue weighted by atomic mass is 9.98. The molecule has 2 saturated carbocycles. The summed E-state index contributed by atoms with van der Waals surface area (Å²) in [5.74, 6) is 1.98. The first-order chi connectivity index (χ1) is 8.45. The van der Waals surface area contributed by atoms with Crippen LogP contribution in [0.1, 0.15) is 77.0 Å². The van der Waals surface area contributed by atoms with Crippen LogP contribution in [-0.2, 0) is 0 Å². The van der Waals surface area contributed by atoms with Crippen LogP contribution in [0.25, 0.3) is 0 Å². The van der Waals surface area contributed by atoms with Crippen LogP contribution in [0.15, 0.2) is 0 Å². The van der Waals surface area contributed by atoms with Gasteiger partial charge in [-0.1, -0.05) is 51.4 Å². The molecular formula is C16H31N. The summed E-state index contributed by atoms with van der Waals surface area (Å²) in [7, 11) is 0. The van der Waals surface area contributed by atoms with Crippen molar-refractivity contribution < 1.29 is 0 Å². The molecule has 0 amide bonds. The molecule has 2 fully saturated rings. The Labute approximate surface area is 108 Å². The first-order valence-electron chi connectivity index (χ1n) is 8.16. The molecule has 2 rings (SSSR count). The molecule has 0 aromatic carbocycles. The van der Waals surface area contributed by atoms with Gasteiger partial charge in [-0.3, -0.25) is 0 Å². The van der Waals surface area contributed by atoms with E-state index in [4.69, 9.17) is 0 Å². The van der Waals surface area contributed by atoms with E-state index in [0.29, 0.717) is 0 Å². The molecule has 1 heteroatoms. The lowest BCUT2D eigenvalue weighted by Crippen LogP contribution is -2.28. The molecule has 100 valence electrons. The molecule has 0 spiro atoms. The Kier molecular flexibility index (Phi) is 6.41. The molecule has 0 bridgehead atoms. The summed E-state index contributed by atoms with van der Waals surface area (Å²) in [6.45, 7) is 2.60. The fourth-order valence-corrected chi connectivity index (χ4v) is 3.63. The molecule has 2 aliphatic carbocycles. The minimum atomic E-state index is 0.989. The number of hydrogen-bond donors (Lipinski definition) is 1. The average molecular weight is 237 g/mol. The topological polar surface area (TPSA) is 12.0 Å². The van der Waals surface area contributed by atoms with E-state index in [9.17, 15) is 0 Å². The van der Waals surface area contributed by atoms with E-state index >= 15 is 0 Å². The van der Waals surface area contributed by atoms with Crippen molar-refractivity contribution in [2.45, 2.75) is 77.0 Å². The lowest BCUT2D eigenvalue weighted by molar-refractivity contribution is 0.375. The maximum Gasteiger partial charge on any atom is -0.00204 e. The third-order valence-electron chi connectivity index (χ3n) is 4.82. The van der Waals surface area contributed by atoms with Gasteiger partial charge in [0.15, 0.2) is 0 Å².